The average molecular weight is 485 g/mol. The van der Waals surface area contributed by atoms with Crippen LogP contribution in [-0.4, -0.2) is 49.8 Å². The van der Waals surface area contributed by atoms with E-state index < -0.39 is 11.5 Å². The molecule has 34 heavy (non-hydrogen) atoms. The molecule has 0 radical (unpaired) electrons. The molecule has 10 heteroatoms. The number of hydrogen-bond donors (Lipinski definition) is 3. The minimum absolute atomic E-state index is 0.0784. The number of nitrogens with two attached hydrogens (primary N) is 1. The number of methoxy groups -OCH3 is 1. The Morgan fingerprint density at radius 3 is 2.76 bits per heavy atom. The maximum Gasteiger partial charge on any atom is 0.323 e. The Hall–Kier alpha value is -3.35. The average Bonchev–Trinajstić information content (AvgIpc) is 3.10. The van der Waals surface area contributed by atoms with Crippen LogP contribution in [0.3, 0.4) is 0 Å². The first-order chi connectivity index (χ1) is 16.0. The fourth-order valence-electron chi connectivity index (χ4n) is 3.58. The molecule has 0 aliphatic heterocycles. The molecule has 0 bridgehead atoms. The zero-order chi connectivity index (χ0) is 25.0. The van der Waals surface area contributed by atoms with Gasteiger partial charge in [0.2, 0.25) is 5.95 Å². The first-order valence-corrected chi connectivity index (χ1v) is 11.2. The van der Waals surface area contributed by atoms with Crippen molar-refractivity contribution < 1.29 is 14.6 Å². The molecule has 0 saturated carbocycles. The van der Waals surface area contributed by atoms with Crippen LogP contribution in [0.1, 0.15) is 49.1 Å². The van der Waals surface area contributed by atoms with Gasteiger partial charge in [0, 0.05) is 29.9 Å². The Balaban J connectivity index is 1.87. The maximum absolute atomic E-state index is 11.2. The monoisotopic (exact) mass is 484 g/mol. The number of unbranched alkanes of at least 4 members (excludes halogenated alkanes) is 1. The number of pyridine rings is 1. The van der Waals surface area contributed by atoms with E-state index in [1.54, 1.807) is 27.2 Å². The van der Waals surface area contributed by atoms with Gasteiger partial charge >= 0.3 is 5.97 Å². The third-order valence-electron chi connectivity index (χ3n) is 5.56. The summed E-state index contributed by atoms with van der Waals surface area (Å²) in [6, 6.07) is 0. The highest BCUT2D eigenvalue weighted by molar-refractivity contribution is 6.34. The zero-order valence-corrected chi connectivity index (χ0v) is 20.7. The summed E-state index contributed by atoms with van der Waals surface area (Å²) in [5.74, 6) is 6.27. The fraction of sp³-hybridized carbons (Fsp3) is 0.417. The van der Waals surface area contributed by atoms with Gasteiger partial charge in [0.1, 0.15) is 22.1 Å². The van der Waals surface area contributed by atoms with E-state index in [0.29, 0.717) is 42.5 Å². The molecule has 3 aromatic heterocycles. The summed E-state index contributed by atoms with van der Waals surface area (Å²) in [6.07, 6.45) is 4.94. The lowest BCUT2D eigenvalue weighted by atomic mass is 10.1. The van der Waals surface area contributed by atoms with E-state index in [4.69, 9.17) is 27.2 Å². The number of anilines is 1. The Kier molecular flexibility index (Phi) is 7.64. The van der Waals surface area contributed by atoms with Crippen LogP contribution in [0.5, 0.6) is 5.75 Å². The molecule has 0 fully saturated rings. The number of nitrogens with zero attached hydrogens (tertiary/aromatic N) is 4. The molecule has 4 N–H and O–H groups in total. The smallest absolute Gasteiger partial charge is 0.323 e. The number of carboxylic acid groups (broad SMARTS) is 1. The van der Waals surface area contributed by atoms with E-state index in [1.807, 2.05) is 24.6 Å². The second-order valence-electron chi connectivity index (χ2n) is 8.55. The van der Waals surface area contributed by atoms with E-state index in [0.717, 1.165) is 22.6 Å². The van der Waals surface area contributed by atoms with Crippen LogP contribution in [-0.2, 0) is 11.3 Å². The van der Waals surface area contributed by atoms with Crippen molar-refractivity contribution >= 4 is 34.6 Å². The lowest BCUT2D eigenvalue weighted by Gasteiger charge is -2.20. The van der Waals surface area contributed by atoms with Crippen molar-refractivity contribution in [3.8, 4) is 17.6 Å². The molecular formula is C24H29ClN6O3. The standard InChI is InChI=1S/C24H29ClN6O3/c1-14-11-27-17(15(2)19(14)34-5)13-31-12-16(18-20(25)29-23(26)30-21(18)31)9-7-6-8-10-28-24(3,4)22(32)33/h11-12,28H,6,8,10,13H2,1-5H3,(H,32,33)(H2,26,29,30). The van der Waals surface area contributed by atoms with Gasteiger partial charge < -0.3 is 25.5 Å². The zero-order valence-electron chi connectivity index (χ0n) is 20.0. The quantitative estimate of drug-likeness (QED) is 0.252. The summed E-state index contributed by atoms with van der Waals surface area (Å²) in [5.41, 5.74) is 8.89. The predicted molar refractivity (Wildman–Crippen MR) is 132 cm³/mol. The van der Waals surface area contributed by atoms with Crippen LogP contribution in [0.15, 0.2) is 12.4 Å². The normalized spacial score (nSPS) is 11.4. The largest absolute Gasteiger partial charge is 0.496 e. The highest BCUT2D eigenvalue weighted by atomic mass is 35.5. The van der Waals surface area contributed by atoms with E-state index in [2.05, 4.69) is 32.1 Å². The summed E-state index contributed by atoms with van der Waals surface area (Å²) < 4.78 is 7.44. The molecule has 3 aromatic rings. The highest BCUT2D eigenvalue weighted by Gasteiger charge is 2.25. The van der Waals surface area contributed by atoms with Gasteiger partial charge in [-0.1, -0.05) is 23.4 Å². The molecule has 0 aliphatic rings. The Morgan fingerprint density at radius 2 is 2.09 bits per heavy atom. The number of fused-ring (bicyclic) bond motifs is 1. The Morgan fingerprint density at radius 1 is 1.35 bits per heavy atom. The van der Waals surface area contributed by atoms with Crippen LogP contribution < -0.4 is 15.8 Å². The molecule has 9 nitrogen and oxygen atoms in total. The van der Waals surface area contributed by atoms with Crippen molar-refractivity contribution in [3.05, 3.63) is 39.9 Å². The molecule has 0 spiro atoms. The summed E-state index contributed by atoms with van der Waals surface area (Å²) in [4.78, 5) is 24.2. The van der Waals surface area contributed by atoms with E-state index in [1.165, 1.54) is 0 Å². The van der Waals surface area contributed by atoms with Crippen molar-refractivity contribution in [3.63, 3.8) is 0 Å². The molecule has 0 aliphatic carbocycles. The molecular weight excluding hydrogens is 456 g/mol. The summed E-state index contributed by atoms with van der Waals surface area (Å²) in [7, 11) is 1.64. The number of aryl methyl sites for hydroxylation is 1. The number of carboxylic acids is 1. The number of hydrogen-bond acceptors (Lipinski definition) is 7. The number of carbonyl (C=O) groups is 1. The first-order valence-electron chi connectivity index (χ1n) is 10.8. The second kappa shape index (κ2) is 10.3. The second-order valence-corrected chi connectivity index (χ2v) is 8.91. The SMILES string of the molecule is COc1c(C)cnc(Cn2cc(C#CCCCNC(C)(C)C(=O)O)c3c(Cl)nc(N)nc32)c1C. The Labute approximate surface area is 203 Å². The van der Waals surface area contributed by atoms with Crippen LogP contribution >= 0.6 is 11.6 Å². The summed E-state index contributed by atoms with van der Waals surface area (Å²) in [6.45, 7) is 8.15. The maximum atomic E-state index is 11.2. The lowest BCUT2D eigenvalue weighted by molar-refractivity contribution is -0.143. The molecule has 0 aromatic carbocycles. The number of ether oxygens (including phenoxy) is 1. The van der Waals surface area contributed by atoms with Crippen molar-refractivity contribution in [2.75, 3.05) is 19.4 Å². The lowest BCUT2D eigenvalue weighted by Crippen LogP contribution is -2.46. The highest BCUT2D eigenvalue weighted by Crippen LogP contribution is 2.29. The summed E-state index contributed by atoms with van der Waals surface area (Å²) >= 11 is 6.41. The Bertz CT molecular complexity index is 1290. The van der Waals surface area contributed by atoms with Gasteiger partial charge in [-0.25, -0.2) is 4.98 Å². The van der Waals surface area contributed by atoms with Crippen molar-refractivity contribution in [2.24, 2.45) is 0 Å². The third kappa shape index (κ3) is 5.41. The van der Waals surface area contributed by atoms with Crippen LogP contribution in [0.4, 0.5) is 5.95 Å². The number of aromatic nitrogens is 4. The van der Waals surface area contributed by atoms with Gasteiger partial charge in [-0.05, 0) is 40.7 Å². The van der Waals surface area contributed by atoms with Crippen LogP contribution in [0, 0.1) is 25.7 Å². The van der Waals surface area contributed by atoms with Gasteiger partial charge in [0.15, 0.2) is 0 Å². The van der Waals surface area contributed by atoms with E-state index in [9.17, 15) is 4.79 Å². The molecule has 0 unspecified atom stereocenters. The number of nitrogen functional groups attached to an aromatic ring is 1. The summed E-state index contributed by atoms with van der Waals surface area (Å²) in [5, 5.41) is 13.0. The van der Waals surface area contributed by atoms with Crippen molar-refractivity contribution in [1.82, 2.24) is 24.8 Å². The fourth-order valence-corrected chi connectivity index (χ4v) is 3.85. The minimum Gasteiger partial charge on any atom is -0.496 e. The van der Waals surface area contributed by atoms with Gasteiger partial charge in [0.05, 0.1) is 30.3 Å². The van der Waals surface area contributed by atoms with Crippen LogP contribution in [0.2, 0.25) is 5.15 Å². The number of aliphatic carboxylic acids is 1. The molecule has 3 rings (SSSR count). The third-order valence-corrected chi connectivity index (χ3v) is 5.84. The van der Waals surface area contributed by atoms with Gasteiger partial charge in [-0.3, -0.25) is 9.78 Å². The number of rotatable bonds is 8. The van der Waals surface area contributed by atoms with E-state index in [-0.39, 0.29) is 11.1 Å². The van der Waals surface area contributed by atoms with E-state index >= 15 is 0 Å². The molecule has 3 heterocycles. The van der Waals surface area contributed by atoms with Gasteiger partial charge in [0.25, 0.3) is 0 Å². The molecule has 180 valence electrons. The molecule has 0 amide bonds. The predicted octanol–water partition coefficient (Wildman–Crippen LogP) is 3.32. The first kappa shape index (κ1) is 25.3. The minimum atomic E-state index is -0.976. The van der Waals surface area contributed by atoms with Crippen molar-refractivity contribution in [2.45, 2.75) is 52.6 Å². The number of halogens is 1. The topological polar surface area (TPSA) is 128 Å². The number of nitrogens with one attached hydrogen (secondary N) is 1. The van der Waals surface area contributed by atoms with Gasteiger partial charge in [-0.15, -0.1) is 0 Å². The van der Waals surface area contributed by atoms with Gasteiger partial charge in [-0.2, -0.15) is 4.98 Å². The van der Waals surface area contributed by atoms with Crippen molar-refractivity contribution in [1.29, 1.82) is 0 Å². The molecule has 0 atom stereocenters. The molecule has 0 saturated heterocycles. The van der Waals surface area contributed by atoms with Crippen LogP contribution in [0.25, 0.3) is 11.0 Å².